The number of ether oxygens (including phenoxy) is 3. The number of H-pyrrole nitrogens is 1. The molecule has 26 heteroatoms. The predicted octanol–water partition coefficient (Wildman–Crippen LogP) is 4.89. The maximum atomic E-state index is 14.8. The van der Waals surface area contributed by atoms with E-state index in [1.165, 1.54) is 26.2 Å². The van der Waals surface area contributed by atoms with E-state index in [-0.39, 0.29) is 63.0 Å². The monoisotopic (exact) mass is 1280 g/mol. The van der Waals surface area contributed by atoms with Gasteiger partial charge in [-0.15, -0.1) is 0 Å². The van der Waals surface area contributed by atoms with Crippen molar-refractivity contribution in [2.45, 2.75) is 173 Å². The molecule has 0 radical (unpaired) electrons. The number of aliphatic hydroxyl groups is 1. The number of likely N-dealkylation sites (tertiary alicyclic amines) is 1. The van der Waals surface area contributed by atoms with Crippen LogP contribution >= 0.6 is 0 Å². The summed E-state index contributed by atoms with van der Waals surface area (Å²) in [6, 6.07) is 15.5. The first-order chi connectivity index (χ1) is 43.7. The third-order valence-corrected chi connectivity index (χ3v) is 16.9. The summed E-state index contributed by atoms with van der Waals surface area (Å²) in [5.41, 5.74) is 8.12. The minimum absolute atomic E-state index is 0.00771. The van der Waals surface area contributed by atoms with Crippen molar-refractivity contribution < 1.29 is 72.4 Å². The van der Waals surface area contributed by atoms with Crippen molar-refractivity contribution in [3.05, 3.63) is 102 Å². The van der Waals surface area contributed by atoms with Gasteiger partial charge in [0.05, 0.1) is 49.3 Å². The van der Waals surface area contributed by atoms with E-state index in [9.17, 15) is 58.2 Å². The van der Waals surface area contributed by atoms with Gasteiger partial charge >= 0.3 is 18.1 Å². The first-order valence-corrected chi connectivity index (χ1v) is 31.3. The third kappa shape index (κ3) is 21.2. The summed E-state index contributed by atoms with van der Waals surface area (Å²) in [6.45, 7) is 13.0. The van der Waals surface area contributed by atoms with Crippen LogP contribution in [0.5, 0.6) is 0 Å². The molecule has 3 aromatic carbocycles. The number of carbonyl (C=O) groups excluding carboxylic acids is 9. The number of benzene rings is 3. The Morgan fingerprint density at radius 1 is 0.761 bits per heavy atom. The Hall–Kier alpha value is -8.62. The van der Waals surface area contributed by atoms with Crippen LogP contribution < -0.4 is 37.6 Å². The minimum atomic E-state index is -1.40. The molecule has 10 amide bonds. The first kappa shape index (κ1) is 74.1. The Balaban J connectivity index is 1.21. The fourth-order valence-corrected chi connectivity index (χ4v) is 11.7. The summed E-state index contributed by atoms with van der Waals surface area (Å²) in [6.07, 6.45) is -0.512. The second kappa shape index (κ2) is 35.8. The van der Waals surface area contributed by atoms with Gasteiger partial charge in [-0.05, 0) is 85.3 Å². The number of carboxylic acids is 1. The van der Waals surface area contributed by atoms with Crippen LogP contribution in [-0.4, -0.2) is 185 Å². The van der Waals surface area contributed by atoms with E-state index in [0.29, 0.717) is 48.2 Å². The number of aromatic amines is 1. The zero-order valence-electron chi connectivity index (χ0n) is 54.7. The van der Waals surface area contributed by atoms with Gasteiger partial charge < -0.3 is 76.8 Å². The number of nitrogens with one attached hydrogen (secondary N) is 7. The summed E-state index contributed by atoms with van der Waals surface area (Å²) in [7, 11) is 6.04. The number of fused-ring (bicyclic) bond motifs is 1. The number of urea groups is 1. The number of hydrogen-bond acceptors (Lipinski definition) is 14. The Labute approximate surface area is 538 Å². The number of methoxy groups -OCH3 is 2. The molecule has 0 unspecified atom stereocenters. The molecular weight excluding hydrogens is 1190 g/mol. The summed E-state index contributed by atoms with van der Waals surface area (Å²) >= 11 is 0. The van der Waals surface area contributed by atoms with E-state index >= 15 is 0 Å². The number of rotatable bonds is 35. The fraction of sp³-hybridized carbons (Fsp3) is 0.545. The van der Waals surface area contributed by atoms with Crippen molar-refractivity contribution in [2.75, 3.05) is 46.7 Å². The number of aromatic nitrogens is 1. The largest absolute Gasteiger partial charge is 0.481 e. The number of nitrogens with two attached hydrogens (primary N) is 1. The highest BCUT2D eigenvalue weighted by Gasteiger charge is 2.43. The van der Waals surface area contributed by atoms with Crippen molar-refractivity contribution in [1.29, 1.82) is 0 Å². The van der Waals surface area contributed by atoms with Crippen molar-refractivity contribution >= 4 is 76.0 Å². The molecule has 1 fully saturated rings. The molecule has 0 spiro atoms. The Kier molecular flexibility index (Phi) is 28.9. The SMILES string of the molecule is CC[C@H](C)[C@@H]([C@@H](CC(=O)N1CCC[C@H]1[C@@H](CC(=O)N[C@H](C)[C@@H](O)c1ccccc1)OC)OC)N(C)C(=O)[C@@H](NC(=O)[C@H](C(C)C)N(C)C(=O)OCc1ccc(NC(=O)[C@H](CCCNC(N)=O)NC(=O)[C@H](Cc2c[nH]c3ccccc23)NC(=O)CC(=O)O)cc1)C(C)C. The van der Waals surface area contributed by atoms with E-state index < -0.39 is 126 Å². The summed E-state index contributed by atoms with van der Waals surface area (Å²) in [5, 5.41) is 37.1. The topological polar surface area (TPSA) is 363 Å². The molecule has 5 rings (SSSR count). The molecule has 1 aromatic heterocycles. The van der Waals surface area contributed by atoms with Crippen LogP contribution in [0, 0.1) is 17.8 Å². The van der Waals surface area contributed by atoms with Gasteiger partial charge in [0, 0.05) is 70.6 Å². The number of carboxylic acid groups (broad SMARTS) is 1. The van der Waals surface area contributed by atoms with Crippen molar-refractivity contribution in [1.82, 2.24) is 46.3 Å². The average molecular weight is 1280 g/mol. The van der Waals surface area contributed by atoms with Crippen LogP contribution in [-0.2, 0) is 65.6 Å². The van der Waals surface area contributed by atoms with E-state index in [2.05, 4.69) is 36.9 Å². The number of likely N-dealkylation sites (N-methyl/N-ethyl adjacent to an activating group) is 2. The molecule has 0 aliphatic carbocycles. The number of anilines is 1. The van der Waals surface area contributed by atoms with Crippen LogP contribution in [0.15, 0.2) is 85.1 Å². The molecule has 4 aromatic rings. The van der Waals surface area contributed by atoms with Crippen LogP contribution in [0.2, 0.25) is 0 Å². The highest BCUT2D eigenvalue weighted by Crippen LogP contribution is 2.29. The van der Waals surface area contributed by atoms with Crippen molar-refractivity contribution in [2.24, 2.45) is 23.5 Å². The van der Waals surface area contributed by atoms with Gasteiger partial charge in [-0.25, -0.2) is 9.59 Å². The van der Waals surface area contributed by atoms with Crippen LogP contribution in [0.3, 0.4) is 0 Å². The summed E-state index contributed by atoms with van der Waals surface area (Å²) < 4.78 is 17.6. The third-order valence-electron chi connectivity index (χ3n) is 16.9. The molecule has 0 saturated carbocycles. The number of aliphatic carboxylic acids is 1. The van der Waals surface area contributed by atoms with E-state index in [1.807, 2.05) is 50.2 Å². The number of nitrogens with zero attached hydrogens (tertiary/aromatic N) is 3. The van der Waals surface area contributed by atoms with E-state index in [4.69, 9.17) is 19.9 Å². The Morgan fingerprint density at radius 2 is 1.43 bits per heavy atom. The highest BCUT2D eigenvalue weighted by molar-refractivity contribution is 6.00. The summed E-state index contributed by atoms with van der Waals surface area (Å²) in [5.74, 6) is -6.42. The molecule has 92 heavy (non-hydrogen) atoms. The number of para-hydroxylation sites is 1. The smallest absolute Gasteiger partial charge is 0.410 e. The highest BCUT2D eigenvalue weighted by atomic mass is 16.6. The zero-order valence-corrected chi connectivity index (χ0v) is 54.7. The summed E-state index contributed by atoms with van der Waals surface area (Å²) in [4.78, 5) is 142. The number of aliphatic hydroxyl groups excluding tert-OH is 1. The maximum absolute atomic E-state index is 14.8. The second-order valence-electron chi connectivity index (χ2n) is 24.3. The van der Waals surface area contributed by atoms with Crippen molar-refractivity contribution in [3.8, 4) is 0 Å². The van der Waals surface area contributed by atoms with Gasteiger partial charge in [-0.2, -0.15) is 0 Å². The van der Waals surface area contributed by atoms with Crippen molar-refractivity contribution in [3.63, 3.8) is 0 Å². The molecule has 26 nitrogen and oxygen atoms in total. The van der Waals surface area contributed by atoms with Gasteiger partial charge in [0.2, 0.25) is 41.4 Å². The van der Waals surface area contributed by atoms with Crippen LogP contribution in [0.25, 0.3) is 10.9 Å². The standard InChI is InChI=1S/C66H95N11O15/c1-12-40(6)59(52(91-11)34-55(80)77-31-19-25-50(77)51(90-10)33-53(78)70-41(7)60(83)43-20-14-13-15-21-43)75(8)64(87)57(38(2)3)74-63(86)58(39(4)5)76(9)66(89)92-37-42-26-28-45(29-27-42)71-61(84)48(24-18-30-68-65(67)88)73-62(85)49(72-54(79)35-56(81)82)32-44-36-69-47-23-17-16-22-46(44)47/h13-17,20-23,26-29,36,38-41,48-52,57-60,69,83H,12,18-19,24-25,30-35,37H2,1-11H3,(H,70,78)(H,71,84)(H,72,79)(H,73,85)(H,74,86)(H,81,82)(H3,67,68,88)/t40-,41+,48-,49-,50-,51+,52+,57-,58-,59-,60+/m0/s1. The molecule has 11 N–H and O–H groups in total. The van der Waals surface area contributed by atoms with Crippen LogP contribution in [0.1, 0.15) is 123 Å². The number of amides is 10. The lowest BCUT2D eigenvalue weighted by Gasteiger charge is -2.41. The second-order valence-corrected chi connectivity index (χ2v) is 24.3. The maximum Gasteiger partial charge on any atom is 0.410 e. The molecule has 1 aliphatic heterocycles. The van der Waals surface area contributed by atoms with Crippen LogP contribution in [0.4, 0.5) is 15.3 Å². The fourth-order valence-electron chi connectivity index (χ4n) is 11.7. The molecule has 1 saturated heterocycles. The van der Waals surface area contributed by atoms with Gasteiger partial charge in [0.25, 0.3) is 0 Å². The number of hydrogen-bond donors (Lipinski definition) is 10. The van der Waals surface area contributed by atoms with Gasteiger partial charge in [-0.3, -0.25) is 43.3 Å². The van der Waals surface area contributed by atoms with E-state index in [1.54, 1.807) is 95.2 Å². The normalized spacial score (nSPS) is 16.3. The molecule has 0 bridgehead atoms. The quantitative estimate of drug-likeness (QED) is 0.0217. The van der Waals surface area contributed by atoms with Gasteiger partial charge in [0.15, 0.2) is 0 Å². The molecule has 11 atom stereocenters. The predicted molar refractivity (Wildman–Crippen MR) is 344 cm³/mol. The molecule has 2 heterocycles. The Morgan fingerprint density at radius 3 is 2.05 bits per heavy atom. The lowest BCUT2D eigenvalue weighted by Crippen LogP contribution is -2.60. The molecular formula is C66H95N11O15. The molecule has 1 aliphatic rings. The van der Waals surface area contributed by atoms with E-state index in [0.717, 1.165) is 15.8 Å². The average Bonchev–Trinajstić information content (AvgIpc) is 1.43. The number of primary amides is 1. The zero-order chi connectivity index (χ0) is 67.9. The minimum Gasteiger partial charge on any atom is -0.481 e. The van der Waals surface area contributed by atoms with Gasteiger partial charge in [-0.1, -0.05) is 109 Å². The molecule has 504 valence electrons. The lowest BCUT2D eigenvalue weighted by molar-refractivity contribution is -0.147. The first-order valence-electron chi connectivity index (χ1n) is 31.3. The van der Waals surface area contributed by atoms with Gasteiger partial charge in [0.1, 0.15) is 37.2 Å². The number of carbonyl (C=O) groups is 10. The lowest BCUT2D eigenvalue weighted by atomic mass is 9.89. The Bertz CT molecular complexity index is 3130.